The van der Waals surface area contributed by atoms with Crippen molar-refractivity contribution in [2.75, 3.05) is 25.5 Å². The Morgan fingerprint density at radius 3 is 2.41 bits per heavy atom. The van der Waals surface area contributed by atoms with Crippen LogP contribution in [0.5, 0.6) is 0 Å². The molecule has 3 aliphatic rings. The second kappa shape index (κ2) is 4.65. The summed E-state index contributed by atoms with van der Waals surface area (Å²) in [5.74, 6) is 0.659. The summed E-state index contributed by atoms with van der Waals surface area (Å²) in [5.41, 5.74) is -0.406. The van der Waals surface area contributed by atoms with Gasteiger partial charge in [-0.2, -0.15) is 0 Å². The summed E-state index contributed by atoms with van der Waals surface area (Å²) in [4.78, 5) is 16.2. The largest absolute Gasteiger partial charge is 0.444 e. The molecule has 0 aromatic heterocycles. The number of piperazine rings is 1. The van der Waals surface area contributed by atoms with E-state index in [1.54, 1.807) is 0 Å². The molecule has 2 bridgehead atoms. The number of hydrogen-bond donors (Lipinski definition) is 0. The van der Waals surface area contributed by atoms with Crippen LogP contribution in [-0.2, 0) is 4.74 Å². The van der Waals surface area contributed by atoms with Crippen molar-refractivity contribution in [3.63, 3.8) is 0 Å². The Bertz CT molecular complexity index is 291. The molecule has 98 valence electrons. The van der Waals surface area contributed by atoms with Crippen molar-refractivity contribution in [1.82, 2.24) is 9.80 Å². The molecule has 3 saturated heterocycles. The van der Waals surface area contributed by atoms with Crippen molar-refractivity contribution < 1.29 is 9.53 Å². The summed E-state index contributed by atoms with van der Waals surface area (Å²) < 4.78 is 5.42. The third kappa shape index (κ3) is 2.86. The number of alkyl halides is 1. The monoisotopic (exact) mass is 260 g/mol. The van der Waals surface area contributed by atoms with Gasteiger partial charge < -0.3 is 4.74 Å². The lowest BCUT2D eigenvalue weighted by Crippen LogP contribution is -2.70. The van der Waals surface area contributed by atoms with Gasteiger partial charge in [-0.15, -0.1) is 11.6 Å². The zero-order valence-corrected chi connectivity index (χ0v) is 11.5. The molecule has 3 rings (SSSR count). The van der Waals surface area contributed by atoms with E-state index in [1.165, 1.54) is 0 Å². The zero-order valence-electron chi connectivity index (χ0n) is 10.8. The van der Waals surface area contributed by atoms with Crippen LogP contribution in [0.4, 0.5) is 4.79 Å². The lowest BCUT2D eigenvalue weighted by molar-refractivity contribution is -0.0750. The zero-order chi connectivity index (χ0) is 12.6. The molecular formula is C12H21ClN2O2. The first-order chi connectivity index (χ1) is 7.90. The van der Waals surface area contributed by atoms with E-state index in [2.05, 4.69) is 4.90 Å². The van der Waals surface area contributed by atoms with E-state index >= 15 is 0 Å². The smallest absolute Gasteiger partial charge is 0.410 e. The molecule has 17 heavy (non-hydrogen) atoms. The van der Waals surface area contributed by atoms with Gasteiger partial charge in [0.2, 0.25) is 0 Å². The van der Waals surface area contributed by atoms with Gasteiger partial charge in [-0.3, -0.25) is 9.80 Å². The van der Waals surface area contributed by atoms with E-state index < -0.39 is 5.60 Å². The first kappa shape index (κ1) is 13.0. The SMILES string of the molecule is CC(C)(C)OC(=O)N1C2CC1CN(CCCl)C2. The molecule has 0 saturated carbocycles. The van der Waals surface area contributed by atoms with Crippen molar-refractivity contribution in [3.05, 3.63) is 0 Å². The summed E-state index contributed by atoms with van der Waals surface area (Å²) in [6.45, 7) is 8.49. The van der Waals surface area contributed by atoms with Crippen molar-refractivity contribution in [1.29, 1.82) is 0 Å². The van der Waals surface area contributed by atoms with Gasteiger partial charge in [0, 0.05) is 25.5 Å². The quantitative estimate of drug-likeness (QED) is 0.711. The molecule has 0 aromatic carbocycles. The fourth-order valence-corrected chi connectivity index (χ4v) is 2.85. The number of carbonyl (C=O) groups is 1. The van der Waals surface area contributed by atoms with Crippen LogP contribution in [0.25, 0.3) is 0 Å². The van der Waals surface area contributed by atoms with Crippen molar-refractivity contribution in [2.24, 2.45) is 0 Å². The van der Waals surface area contributed by atoms with Crippen LogP contribution in [0, 0.1) is 0 Å². The van der Waals surface area contributed by atoms with E-state index in [1.807, 2.05) is 25.7 Å². The van der Waals surface area contributed by atoms with Crippen LogP contribution in [0.3, 0.4) is 0 Å². The summed E-state index contributed by atoms with van der Waals surface area (Å²) in [7, 11) is 0. The maximum Gasteiger partial charge on any atom is 0.410 e. The fourth-order valence-electron chi connectivity index (χ4n) is 2.61. The van der Waals surface area contributed by atoms with Crippen molar-refractivity contribution in [2.45, 2.75) is 44.9 Å². The van der Waals surface area contributed by atoms with Crippen LogP contribution >= 0.6 is 11.6 Å². The first-order valence-corrected chi connectivity index (χ1v) is 6.74. The molecule has 2 atom stereocenters. The highest BCUT2D eigenvalue weighted by molar-refractivity contribution is 6.18. The Labute approximate surface area is 108 Å². The highest BCUT2D eigenvalue weighted by atomic mass is 35.5. The second-order valence-electron chi connectivity index (χ2n) is 5.88. The number of halogens is 1. The van der Waals surface area contributed by atoms with E-state index in [9.17, 15) is 4.79 Å². The third-order valence-corrected chi connectivity index (χ3v) is 3.44. The summed E-state index contributed by atoms with van der Waals surface area (Å²) in [6.07, 6.45) is 0.946. The predicted octanol–water partition coefficient (Wildman–Crippen LogP) is 1.92. The van der Waals surface area contributed by atoms with Gasteiger partial charge in [0.25, 0.3) is 0 Å². The summed E-state index contributed by atoms with van der Waals surface area (Å²) in [6, 6.07) is 0.652. The third-order valence-electron chi connectivity index (χ3n) is 3.27. The highest BCUT2D eigenvalue weighted by Crippen LogP contribution is 2.33. The molecule has 2 unspecified atom stereocenters. The number of hydrogen-bond acceptors (Lipinski definition) is 3. The number of piperidine rings is 1. The minimum Gasteiger partial charge on any atom is -0.444 e. The molecule has 0 aliphatic carbocycles. The number of amides is 1. The Hall–Kier alpha value is -0.480. The second-order valence-corrected chi connectivity index (χ2v) is 6.26. The average Bonchev–Trinajstić information content (AvgIpc) is 2.14. The molecule has 1 amide bonds. The molecule has 3 fully saturated rings. The molecule has 3 aliphatic heterocycles. The van der Waals surface area contributed by atoms with E-state index in [0.717, 1.165) is 26.1 Å². The van der Waals surface area contributed by atoms with Crippen LogP contribution in [0.2, 0.25) is 0 Å². The minimum absolute atomic E-state index is 0.163. The van der Waals surface area contributed by atoms with Gasteiger partial charge in [-0.1, -0.05) is 0 Å². The lowest BCUT2D eigenvalue weighted by atomic mass is 9.88. The van der Waals surface area contributed by atoms with Gasteiger partial charge in [0.1, 0.15) is 5.60 Å². The predicted molar refractivity (Wildman–Crippen MR) is 67.4 cm³/mol. The summed E-state index contributed by atoms with van der Waals surface area (Å²) in [5, 5.41) is 0. The van der Waals surface area contributed by atoms with Crippen LogP contribution in [-0.4, -0.2) is 59.1 Å². The van der Waals surface area contributed by atoms with Gasteiger partial charge in [0.15, 0.2) is 0 Å². The normalized spacial score (nSPS) is 28.8. The lowest BCUT2D eigenvalue weighted by Gasteiger charge is -2.55. The topological polar surface area (TPSA) is 32.8 Å². The Morgan fingerprint density at radius 1 is 1.35 bits per heavy atom. The van der Waals surface area contributed by atoms with E-state index in [0.29, 0.717) is 18.0 Å². The Morgan fingerprint density at radius 2 is 1.94 bits per heavy atom. The number of ether oxygens (including phenoxy) is 1. The van der Waals surface area contributed by atoms with Crippen molar-refractivity contribution in [3.8, 4) is 0 Å². The van der Waals surface area contributed by atoms with Gasteiger partial charge >= 0.3 is 6.09 Å². The van der Waals surface area contributed by atoms with E-state index in [-0.39, 0.29) is 6.09 Å². The fraction of sp³-hybridized carbons (Fsp3) is 0.917. The molecular weight excluding hydrogens is 240 g/mol. The molecule has 0 N–H and O–H groups in total. The number of rotatable bonds is 2. The highest BCUT2D eigenvalue weighted by Gasteiger charge is 2.48. The van der Waals surface area contributed by atoms with Crippen LogP contribution < -0.4 is 0 Å². The van der Waals surface area contributed by atoms with Gasteiger partial charge in [-0.05, 0) is 27.2 Å². The minimum atomic E-state index is -0.406. The van der Waals surface area contributed by atoms with Crippen LogP contribution in [0.15, 0.2) is 0 Å². The number of nitrogens with zero attached hydrogens (tertiary/aromatic N) is 2. The molecule has 5 heteroatoms. The average molecular weight is 261 g/mol. The van der Waals surface area contributed by atoms with Crippen molar-refractivity contribution >= 4 is 17.7 Å². The molecule has 0 aromatic rings. The Kier molecular flexibility index (Phi) is 3.55. The maximum atomic E-state index is 12.0. The van der Waals surface area contributed by atoms with Gasteiger partial charge in [-0.25, -0.2) is 4.79 Å². The Balaban J connectivity index is 1.88. The number of fused-ring (bicyclic) bond motifs is 2. The first-order valence-electron chi connectivity index (χ1n) is 6.20. The molecule has 3 heterocycles. The van der Waals surface area contributed by atoms with Crippen LogP contribution in [0.1, 0.15) is 27.2 Å². The van der Waals surface area contributed by atoms with Gasteiger partial charge in [0.05, 0.1) is 12.1 Å². The molecule has 0 radical (unpaired) electrons. The maximum absolute atomic E-state index is 12.0. The standard InChI is InChI=1S/C12H21ClN2O2/c1-12(2,3)17-11(16)15-9-6-10(15)8-14(7-9)5-4-13/h9-10H,4-8H2,1-3H3. The van der Waals surface area contributed by atoms with E-state index in [4.69, 9.17) is 16.3 Å². The molecule has 0 spiro atoms. The number of carbonyl (C=O) groups excluding carboxylic acids is 1. The summed E-state index contributed by atoms with van der Waals surface area (Å²) >= 11 is 5.74. The molecule has 4 nitrogen and oxygen atoms in total.